The van der Waals surface area contributed by atoms with E-state index in [4.69, 9.17) is 19.3 Å². The Morgan fingerprint density at radius 3 is 2.73 bits per heavy atom. The Labute approximate surface area is 189 Å². The van der Waals surface area contributed by atoms with Crippen LogP contribution in [0.1, 0.15) is 12.0 Å². The van der Waals surface area contributed by atoms with Crippen molar-refractivity contribution < 1.29 is 38.4 Å². The number of likely N-dealkylation sites (tertiary alicyclic amines) is 1. The van der Waals surface area contributed by atoms with Crippen LogP contribution in [0, 0.1) is 5.82 Å². The van der Waals surface area contributed by atoms with Gasteiger partial charge in [0, 0.05) is 12.6 Å². The molecular weight excluding hydrogens is 435 g/mol. The van der Waals surface area contributed by atoms with Gasteiger partial charge in [-0.25, -0.2) is 14.0 Å². The molecule has 2 fully saturated rings. The zero-order valence-electron chi connectivity index (χ0n) is 17.9. The van der Waals surface area contributed by atoms with Crippen molar-refractivity contribution in [2.24, 2.45) is 0 Å². The molecule has 2 aromatic carbocycles. The number of anilines is 1. The molecule has 176 valence electrons. The topological polar surface area (TPSA) is 109 Å². The standard InChI is InChI=1S/C23H25FN2O7/c24-19-10-17(26-11-18(12-27)33-22(26)29)6-7-20(19)32-15-23(30)8-9-25(14-23)21(28)31-13-16-4-2-1-3-5-16/h1-7,10,18,27,30H,8-9,11-15H2. The Morgan fingerprint density at radius 1 is 1.24 bits per heavy atom. The van der Waals surface area contributed by atoms with Crippen LogP contribution >= 0.6 is 0 Å². The normalized spacial score (nSPS) is 22.4. The van der Waals surface area contributed by atoms with E-state index in [-0.39, 0.29) is 57.3 Å². The number of ether oxygens (including phenoxy) is 3. The van der Waals surface area contributed by atoms with Gasteiger partial charge in [-0.3, -0.25) is 4.90 Å². The van der Waals surface area contributed by atoms with Crippen molar-refractivity contribution in [3.8, 4) is 5.75 Å². The van der Waals surface area contributed by atoms with Crippen molar-refractivity contribution in [3.63, 3.8) is 0 Å². The molecule has 0 saturated carbocycles. The van der Waals surface area contributed by atoms with Gasteiger partial charge in [-0.05, 0) is 24.1 Å². The summed E-state index contributed by atoms with van der Waals surface area (Å²) in [5.41, 5.74) is -0.214. The third-order valence-electron chi connectivity index (χ3n) is 5.60. The number of cyclic esters (lactones) is 1. The minimum absolute atomic E-state index is 0.00247. The summed E-state index contributed by atoms with van der Waals surface area (Å²) in [6.07, 6.45) is -1.60. The molecule has 2 unspecified atom stereocenters. The molecule has 0 radical (unpaired) electrons. The second-order valence-electron chi connectivity index (χ2n) is 8.14. The van der Waals surface area contributed by atoms with Crippen LogP contribution < -0.4 is 9.64 Å². The number of rotatable bonds is 7. The lowest BCUT2D eigenvalue weighted by molar-refractivity contribution is 0.00182. The molecule has 33 heavy (non-hydrogen) atoms. The second-order valence-corrected chi connectivity index (χ2v) is 8.14. The summed E-state index contributed by atoms with van der Waals surface area (Å²) in [5.74, 6) is -0.808. The van der Waals surface area contributed by atoms with Crippen LogP contribution in [-0.4, -0.2) is 71.9 Å². The quantitative estimate of drug-likeness (QED) is 0.653. The minimum Gasteiger partial charge on any atom is -0.487 e. The lowest BCUT2D eigenvalue weighted by Crippen LogP contribution is -2.40. The summed E-state index contributed by atoms with van der Waals surface area (Å²) in [7, 11) is 0. The number of nitrogens with zero attached hydrogens (tertiary/aromatic N) is 2. The van der Waals surface area contributed by atoms with E-state index in [0.29, 0.717) is 0 Å². The van der Waals surface area contributed by atoms with Gasteiger partial charge in [-0.15, -0.1) is 0 Å². The molecule has 2 aliphatic rings. The van der Waals surface area contributed by atoms with E-state index in [0.717, 1.165) is 11.6 Å². The highest BCUT2D eigenvalue weighted by molar-refractivity contribution is 5.89. The van der Waals surface area contributed by atoms with Crippen LogP contribution in [0.15, 0.2) is 48.5 Å². The molecule has 10 heteroatoms. The van der Waals surface area contributed by atoms with Crippen molar-refractivity contribution in [2.45, 2.75) is 24.7 Å². The van der Waals surface area contributed by atoms with E-state index in [1.165, 1.54) is 21.9 Å². The van der Waals surface area contributed by atoms with E-state index >= 15 is 0 Å². The Kier molecular flexibility index (Phi) is 6.66. The molecule has 0 spiro atoms. The molecule has 9 nitrogen and oxygen atoms in total. The second kappa shape index (κ2) is 9.63. The minimum atomic E-state index is -1.34. The van der Waals surface area contributed by atoms with Crippen molar-refractivity contribution in [3.05, 3.63) is 59.9 Å². The van der Waals surface area contributed by atoms with Crippen LogP contribution in [0.4, 0.5) is 19.7 Å². The van der Waals surface area contributed by atoms with Gasteiger partial charge in [0.25, 0.3) is 0 Å². The molecule has 2 N–H and O–H groups in total. The van der Waals surface area contributed by atoms with Gasteiger partial charge in [0.1, 0.15) is 24.9 Å². The molecule has 2 heterocycles. The van der Waals surface area contributed by atoms with Crippen LogP contribution in [-0.2, 0) is 16.1 Å². The number of β-amino-alcohol motifs (C(OH)–C–C–N with tert-alkyl or cyclic N) is 1. The Morgan fingerprint density at radius 2 is 2.03 bits per heavy atom. The van der Waals surface area contributed by atoms with Gasteiger partial charge in [0.2, 0.25) is 0 Å². The first kappa shape index (κ1) is 22.8. The third kappa shape index (κ3) is 5.35. The first-order valence-electron chi connectivity index (χ1n) is 10.6. The van der Waals surface area contributed by atoms with Crippen molar-refractivity contribution in [1.82, 2.24) is 4.90 Å². The predicted molar refractivity (Wildman–Crippen MR) is 114 cm³/mol. The van der Waals surface area contributed by atoms with Gasteiger partial charge in [0.05, 0.1) is 25.4 Å². The molecular formula is C23H25FN2O7. The van der Waals surface area contributed by atoms with Crippen LogP contribution in [0.5, 0.6) is 5.75 Å². The molecule has 2 aliphatic heterocycles. The molecule has 4 rings (SSSR count). The average Bonchev–Trinajstić information content (AvgIpc) is 3.40. The Hall–Kier alpha value is -3.37. The number of amides is 2. The highest BCUT2D eigenvalue weighted by atomic mass is 19.1. The fraction of sp³-hybridized carbons (Fsp3) is 0.391. The summed E-state index contributed by atoms with van der Waals surface area (Å²) in [6.45, 7) is 0.00306. The van der Waals surface area contributed by atoms with Crippen molar-refractivity contribution in [2.75, 3.05) is 37.7 Å². The van der Waals surface area contributed by atoms with Crippen LogP contribution in [0.2, 0.25) is 0 Å². The molecule has 0 bridgehead atoms. The zero-order valence-corrected chi connectivity index (χ0v) is 17.9. The summed E-state index contributed by atoms with van der Waals surface area (Å²) in [5, 5.41) is 19.9. The Bertz CT molecular complexity index is 1010. The molecule has 2 atom stereocenters. The summed E-state index contributed by atoms with van der Waals surface area (Å²) in [4.78, 5) is 26.8. The maximum atomic E-state index is 14.6. The van der Waals surface area contributed by atoms with Gasteiger partial charge in [-0.2, -0.15) is 0 Å². The number of carbonyl (C=O) groups excluding carboxylic acids is 2. The number of aliphatic hydroxyl groups excluding tert-OH is 1. The van der Waals surface area contributed by atoms with E-state index in [1.807, 2.05) is 30.3 Å². The highest BCUT2D eigenvalue weighted by Crippen LogP contribution is 2.29. The predicted octanol–water partition coefficient (Wildman–Crippen LogP) is 2.30. The average molecular weight is 460 g/mol. The lowest BCUT2D eigenvalue weighted by atomic mass is 10.1. The van der Waals surface area contributed by atoms with Gasteiger partial charge < -0.3 is 29.3 Å². The summed E-state index contributed by atoms with van der Waals surface area (Å²) < 4.78 is 30.3. The zero-order chi connectivity index (χ0) is 23.4. The molecule has 2 aromatic rings. The molecule has 0 aromatic heterocycles. The number of hydrogen-bond donors (Lipinski definition) is 2. The third-order valence-corrected chi connectivity index (χ3v) is 5.60. The fourth-order valence-corrected chi connectivity index (χ4v) is 3.75. The Balaban J connectivity index is 1.30. The van der Waals surface area contributed by atoms with Gasteiger partial charge in [0.15, 0.2) is 11.6 Å². The number of halogens is 1. The highest BCUT2D eigenvalue weighted by Gasteiger charge is 2.40. The summed E-state index contributed by atoms with van der Waals surface area (Å²) >= 11 is 0. The van der Waals surface area contributed by atoms with E-state index in [2.05, 4.69) is 0 Å². The molecule has 2 saturated heterocycles. The first-order valence-corrected chi connectivity index (χ1v) is 10.6. The molecule has 2 amide bonds. The van der Waals surface area contributed by atoms with Crippen LogP contribution in [0.3, 0.4) is 0 Å². The van der Waals surface area contributed by atoms with E-state index < -0.39 is 29.7 Å². The maximum absolute atomic E-state index is 14.6. The number of aliphatic hydroxyl groups is 2. The number of carbonyl (C=O) groups is 2. The first-order chi connectivity index (χ1) is 15.9. The van der Waals surface area contributed by atoms with Gasteiger partial charge >= 0.3 is 12.2 Å². The van der Waals surface area contributed by atoms with Gasteiger partial charge in [-0.1, -0.05) is 30.3 Å². The molecule has 0 aliphatic carbocycles. The van der Waals surface area contributed by atoms with Crippen LogP contribution in [0.25, 0.3) is 0 Å². The van der Waals surface area contributed by atoms with Crippen molar-refractivity contribution in [1.29, 1.82) is 0 Å². The van der Waals surface area contributed by atoms with Crippen molar-refractivity contribution >= 4 is 17.9 Å². The van der Waals surface area contributed by atoms with E-state index in [9.17, 15) is 19.1 Å². The maximum Gasteiger partial charge on any atom is 0.414 e. The monoisotopic (exact) mass is 460 g/mol. The largest absolute Gasteiger partial charge is 0.487 e. The lowest BCUT2D eigenvalue weighted by Gasteiger charge is -2.23. The summed E-state index contributed by atoms with van der Waals surface area (Å²) in [6, 6.07) is 13.2. The SMILES string of the molecule is O=C(OCc1ccccc1)N1CCC(O)(COc2ccc(N3CC(CO)OC3=O)cc2F)C1. The fourth-order valence-electron chi connectivity index (χ4n) is 3.75. The number of benzene rings is 2. The number of hydrogen-bond acceptors (Lipinski definition) is 7. The van der Waals surface area contributed by atoms with E-state index in [1.54, 1.807) is 0 Å². The smallest absolute Gasteiger partial charge is 0.414 e.